The lowest BCUT2D eigenvalue weighted by atomic mass is 9.93. The third kappa shape index (κ3) is 7.62. The predicted octanol–water partition coefficient (Wildman–Crippen LogP) is 6.36. The maximum absolute atomic E-state index is 12.7. The number of hydrogen-bond acceptors (Lipinski definition) is 4. The van der Waals surface area contributed by atoms with Gasteiger partial charge in [0.25, 0.3) is 0 Å². The van der Waals surface area contributed by atoms with Crippen LogP contribution in [0.1, 0.15) is 73.8 Å². The number of rotatable bonds is 13. The molecule has 1 aromatic rings. The Hall–Kier alpha value is -1.86. The summed E-state index contributed by atoms with van der Waals surface area (Å²) in [6, 6.07) is 9.02. The summed E-state index contributed by atoms with van der Waals surface area (Å²) in [6.45, 7) is 17.2. The van der Waals surface area contributed by atoms with E-state index in [9.17, 15) is 14.7 Å². The number of alkyl carbamates (subject to hydrolysis) is 1. The summed E-state index contributed by atoms with van der Waals surface area (Å²) in [5.41, 5.74) is 1.82. The largest absolute Gasteiger partial charge is 0.481 e. The van der Waals surface area contributed by atoms with E-state index in [4.69, 9.17) is 9.16 Å². The van der Waals surface area contributed by atoms with Gasteiger partial charge in [-0.05, 0) is 28.1 Å². The first kappa shape index (κ1) is 28.2. The van der Waals surface area contributed by atoms with Crippen LogP contribution in [0.15, 0.2) is 30.3 Å². The molecule has 0 bridgehead atoms. The molecule has 1 amide bonds. The summed E-state index contributed by atoms with van der Waals surface area (Å²) in [7, 11) is -2.36. The number of aliphatic carboxylic acids is 1. The van der Waals surface area contributed by atoms with Crippen molar-refractivity contribution in [2.75, 3.05) is 0 Å². The molecule has 1 rings (SSSR count). The molecule has 0 fully saturated rings. The van der Waals surface area contributed by atoms with Crippen LogP contribution in [0.3, 0.4) is 0 Å². The van der Waals surface area contributed by atoms with Gasteiger partial charge < -0.3 is 19.6 Å². The summed E-state index contributed by atoms with van der Waals surface area (Å²) < 4.78 is 12.3. The highest BCUT2D eigenvalue weighted by molar-refractivity contribution is 6.77. The molecule has 32 heavy (non-hydrogen) atoms. The van der Waals surface area contributed by atoms with Crippen molar-refractivity contribution in [3.8, 4) is 0 Å². The fraction of sp³-hybridized carbons (Fsp3) is 0.680. The van der Waals surface area contributed by atoms with Gasteiger partial charge in [0.2, 0.25) is 8.32 Å². The van der Waals surface area contributed by atoms with E-state index in [2.05, 4.69) is 46.9 Å². The summed E-state index contributed by atoms with van der Waals surface area (Å²) in [5, 5.41) is 12.6. The minimum atomic E-state index is -2.36. The zero-order chi connectivity index (χ0) is 24.5. The quantitative estimate of drug-likeness (QED) is 0.331. The van der Waals surface area contributed by atoms with Gasteiger partial charge in [0.05, 0.1) is 18.6 Å². The van der Waals surface area contributed by atoms with E-state index in [1.54, 1.807) is 0 Å². The summed E-state index contributed by atoms with van der Waals surface area (Å²) in [5.74, 6) is -0.899. The number of ether oxygens (including phenoxy) is 1. The van der Waals surface area contributed by atoms with Crippen molar-refractivity contribution in [1.29, 1.82) is 0 Å². The Bertz CT molecular complexity index is 686. The lowest BCUT2D eigenvalue weighted by molar-refractivity contribution is -0.139. The molecule has 0 spiro atoms. The minimum absolute atomic E-state index is 0.0295. The molecule has 0 heterocycles. The van der Waals surface area contributed by atoms with E-state index in [-0.39, 0.29) is 18.9 Å². The molecule has 0 aliphatic heterocycles. The Morgan fingerprint density at radius 1 is 0.969 bits per heavy atom. The van der Waals surface area contributed by atoms with Crippen molar-refractivity contribution in [3.05, 3.63) is 35.9 Å². The second-order valence-corrected chi connectivity index (χ2v) is 15.1. The smallest absolute Gasteiger partial charge is 0.407 e. The van der Waals surface area contributed by atoms with Crippen molar-refractivity contribution in [2.45, 2.75) is 104 Å². The topological polar surface area (TPSA) is 84.9 Å². The molecule has 182 valence electrons. The highest BCUT2D eigenvalue weighted by Crippen LogP contribution is 2.44. The summed E-state index contributed by atoms with van der Waals surface area (Å²) >= 11 is 0. The zero-order valence-electron chi connectivity index (χ0n) is 21.1. The number of carbonyl (C=O) groups is 2. The number of carboxylic acids is 1. The lowest BCUT2D eigenvalue weighted by Crippen LogP contribution is -2.57. The summed E-state index contributed by atoms with van der Waals surface area (Å²) in [6.07, 6.45) is -0.549. The number of carbonyl (C=O) groups excluding carboxylic acids is 1. The molecule has 0 saturated carbocycles. The lowest BCUT2D eigenvalue weighted by Gasteiger charge is -2.46. The Balaban J connectivity index is 3.16. The van der Waals surface area contributed by atoms with Gasteiger partial charge in [-0.3, -0.25) is 4.79 Å². The first-order valence-electron chi connectivity index (χ1n) is 11.8. The second-order valence-electron chi connectivity index (χ2n) is 9.69. The average Bonchev–Trinajstić information content (AvgIpc) is 2.72. The van der Waals surface area contributed by atoms with Gasteiger partial charge >= 0.3 is 12.1 Å². The first-order valence-corrected chi connectivity index (χ1v) is 14.0. The van der Waals surface area contributed by atoms with Crippen molar-refractivity contribution < 1.29 is 23.9 Å². The molecule has 0 aromatic heterocycles. The number of benzene rings is 1. The zero-order valence-corrected chi connectivity index (χ0v) is 22.1. The minimum Gasteiger partial charge on any atom is -0.481 e. The molecule has 0 unspecified atom stereocenters. The van der Waals surface area contributed by atoms with Crippen LogP contribution in [0.5, 0.6) is 0 Å². The van der Waals surface area contributed by atoms with Gasteiger partial charge in [0.1, 0.15) is 6.61 Å². The molecule has 0 aliphatic rings. The van der Waals surface area contributed by atoms with Crippen molar-refractivity contribution in [1.82, 2.24) is 5.32 Å². The van der Waals surface area contributed by atoms with Crippen molar-refractivity contribution >= 4 is 20.4 Å². The standard InChI is InChI=1S/C25H43NO5Si/c1-9-20(8)24(26-25(29)30-16-21-13-11-10-12-14-21)22(15-23(27)28)31-32(17(2)3,18(4)5)19(6)7/h10-14,17-20,22,24H,9,15-16H2,1-8H3,(H,26,29)(H,27,28)/t20-,22+,24+/m1/s1. The van der Waals surface area contributed by atoms with Crippen molar-refractivity contribution in [3.63, 3.8) is 0 Å². The number of amides is 1. The molecule has 2 N–H and O–H groups in total. The highest BCUT2D eigenvalue weighted by atomic mass is 28.4. The number of hydrogen-bond donors (Lipinski definition) is 2. The van der Waals surface area contributed by atoms with Crippen LogP contribution in [0, 0.1) is 5.92 Å². The van der Waals surface area contributed by atoms with Gasteiger partial charge in [0.15, 0.2) is 0 Å². The van der Waals surface area contributed by atoms with E-state index < -0.39 is 32.5 Å². The van der Waals surface area contributed by atoms with E-state index in [0.717, 1.165) is 12.0 Å². The van der Waals surface area contributed by atoms with Crippen LogP contribution in [-0.4, -0.2) is 37.6 Å². The average molecular weight is 466 g/mol. The Kier molecular flexibility index (Phi) is 11.4. The molecule has 7 heteroatoms. The van der Waals surface area contributed by atoms with Gasteiger partial charge in [-0.15, -0.1) is 0 Å². The number of nitrogens with one attached hydrogen (secondary N) is 1. The van der Waals surface area contributed by atoms with Crippen LogP contribution < -0.4 is 5.32 Å². The Morgan fingerprint density at radius 2 is 1.50 bits per heavy atom. The van der Waals surface area contributed by atoms with E-state index in [1.807, 2.05) is 44.2 Å². The first-order chi connectivity index (χ1) is 14.9. The molecule has 0 saturated heterocycles. The molecule has 0 aliphatic carbocycles. The molecule has 0 radical (unpaired) electrons. The molecule has 1 aromatic carbocycles. The van der Waals surface area contributed by atoms with E-state index in [1.165, 1.54) is 0 Å². The third-order valence-corrected chi connectivity index (χ3v) is 12.7. The van der Waals surface area contributed by atoms with Gasteiger partial charge in [0, 0.05) is 0 Å². The molecule has 6 nitrogen and oxygen atoms in total. The molecular weight excluding hydrogens is 422 g/mol. The van der Waals surface area contributed by atoms with Gasteiger partial charge in [-0.1, -0.05) is 92.1 Å². The van der Waals surface area contributed by atoms with Crippen LogP contribution in [0.4, 0.5) is 4.79 Å². The summed E-state index contributed by atoms with van der Waals surface area (Å²) in [4.78, 5) is 24.5. The third-order valence-electron chi connectivity index (χ3n) is 6.59. The van der Waals surface area contributed by atoms with E-state index in [0.29, 0.717) is 16.6 Å². The van der Waals surface area contributed by atoms with E-state index >= 15 is 0 Å². The highest BCUT2D eigenvalue weighted by Gasteiger charge is 2.48. The maximum atomic E-state index is 12.7. The van der Waals surface area contributed by atoms with Crippen LogP contribution in [-0.2, 0) is 20.6 Å². The normalized spacial score (nSPS) is 15.0. The molecular formula is C25H43NO5Si. The molecule has 3 atom stereocenters. The van der Waals surface area contributed by atoms with Gasteiger partial charge in [-0.25, -0.2) is 4.79 Å². The van der Waals surface area contributed by atoms with Crippen LogP contribution in [0.25, 0.3) is 0 Å². The second kappa shape index (κ2) is 13.0. The van der Waals surface area contributed by atoms with Gasteiger partial charge in [-0.2, -0.15) is 0 Å². The predicted molar refractivity (Wildman–Crippen MR) is 131 cm³/mol. The Morgan fingerprint density at radius 3 is 1.94 bits per heavy atom. The SMILES string of the molecule is CC[C@@H](C)[C@H](NC(=O)OCc1ccccc1)[C@H](CC(=O)O)O[Si](C(C)C)(C(C)C)C(C)C. The monoisotopic (exact) mass is 465 g/mol. The van der Waals surface area contributed by atoms with Crippen LogP contribution >= 0.6 is 0 Å². The van der Waals surface area contributed by atoms with Crippen LogP contribution in [0.2, 0.25) is 16.6 Å². The van der Waals surface area contributed by atoms with Crippen molar-refractivity contribution in [2.24, 2.45) is 5.92 Å². The fourth-order valence-electron chi connectivity index (χ4n) is 4.84. The maximum Gasteiger partial charge on any atom is 0.407 e. The number of carboxylic acid groups (broad SMARTS) is 1. The Labute approximate surface area is 195 Å². The fourth-order valence-corrected chi connectivity index (χ4v) is 10.4.